The summed E-state index contributed by atoms with van der Waals surface area (Å²) in [7, 11) is 0. The molecule has 1 heterocycles. The highest BCUT2D eigenvalue weighted by molar-refractivity contribution is 6.01. The lowest BCUT2D eigenvalue weighted by molar-refractivity contribution is 0.0698. The predicted octanol–water partition coefficient (Wildman–Crippen LogP) is 2.53. The second-order valence-corrected chi connectivity index (χ2v) is 5.16. The molecule has 0 bridgehead atoms. The summed E-state index contributed by atoms with van der Waals surface area (Å²) in [5.74, 6) is -0.890. The maximum atomic E-state index is 11.2. The van der Waals surface area contributed by atoms with Crippen LogP contribution in [-0.4, -0.2) is 20.6 Å². The van der Waals surface area contributed by atoms with Gasteiger partial charge in [0.05, 0.1) is 22.9 Å². The van der Waals surface area contributed by atoms with Gasteiger partial charge in [0, 0.05) is 6.54 Å². The van der Waals surface area contributed by atoms with E-state index in [-0.39, 0.29) is 0 Å². The van der Waals surface area contributed by atoms with E-state index >= 15 is 0 Å². The van der Waals surface area contributed by atoms with Crippen molar-refractivity contribution in [2.24, 2.45) is 5.41 Å². The van der Waals surface area contributed by atoms with Gasteiger partial charge in [-0.25, -0.2) is 9.78 Å². The van der Waals surface area contributed by atoms with Gasteiger partial charge in [-0.15, -0.1) is 0 Å². The second-order valence-electron chi connectivity index (χ2n) is 5.16. The molecule has 4 nitrogen and oxygen atoms in total. The lowest BCUT2D eigenvalue weighted by Crippen LogP contribution is -2.09. The Balaban J connectivity index is 2.15. The maximum absolute atomic E-state index is 11.2. The number of para-hydroxylation sites is 1. The minimum atomic E-state index is -0.890. The van der Waals surface area contributed by atoms with E-state index < -0.39 is 5.97 Å². The monoisotopic (exact) mass is 230 g/mol. The number of imidazole rings is 1. The van der Waals surface area contributed by atoms with Crippen molar-refractivity contribution in [3.8, 4) is 0 Å². The van der Waals surface area contributed by atoms with Gasteiger partial charge in [-0.1, -0.05) is 13.0 Å². The summed E-state index contributed by atoms with van der Waals surface area (Å²) in [4.78, 5) is 15.5. The summed E-state index contributed by atoms with van der Waals surface area (Å²) >= 11 is 0. The summed E-state index contributed by atoms with van der Waals surface area (Å²) in [6.45, 7) is 3.08. The summed E-state index contributed by atoms with van der Waals surface area (Å²) in [5.41, 5.74) is 2.17. The van der Waals surface area contributed by atoms with E-state index in [0.29, 0.717) is 11.0 Å². The van der Waals surface area contributed by atoms with E-state index in [1.54, 1.807) is 18.5 Å². The molecule has 0 radical (unpaired) electrons. The first kappa shape index (κ1) is 10.3. The first-order valence-electron chi connectivity index (χ1n) is 5.76. The van der Waals surface area contributed by atoms with Crippen LogP contribution in [0.1, 0.15) is 30.1 Å². The van der Waals surface area contributed by atoms with Gasteiger partial charge >= 0.3 is 5.97 Å². The van der Waals surface area contributed by atoms with Crippen LogP contribution in [0.2, 0.25) is 0 Å². The van der Waals surface area contributed by atoms with Gasteiger partial charge in [-0.2, -0.15) is 0 Å². The zero-order valence-electron chi connectivity index (χ0n) is 9.68. The Hall–Kier alpha value is -1.84. The molecule has 1 aliphatic carbocycles. The molecule has 1 saturated carbocycles. The van der Waals surface area contributed by atoms with E-state index in [9.17, 15) is 9.90 Å². The van der Waals surface area contributed by atoms with Crippen LogP contribution in [-0.2, 0) is 6.54 Å². The standard InChI is InChI=1S/C13H14N2O2/c1-13(5-6-13)7-15-8-14-10-4-2-3-9(11(10)15)12(16)17/h2-4,8H,5-7H2,1H3,(H,16,17). The lowest BCUT2D eigenvalue weighted by Gasteiger charge is -2.11. The Morgan fingerprint density at radius 2 is 2.29 bits per heavy atom. The molecule has 1 N–H and O–H groups in total. The van der Waals surface area contributed by atoms with Crippen molar-refractivity contribution in [1.82, 2.24) is 9.55 Å². The molecule has 1 aromatic carbocycles. The van der Waals surface area contributed by atoms with Crippen molar-refractivity contribution in [1.29, 1.82) is 0 Å². The number of rotatable bonds is 3. The van der Waals surface area contributed by atoms with Crippen LogP contribution >= 0.6 is 0 Å². The van der Waals surface area contributed by atoms with Crippen molar-refractivity contribution >= 4 is 17.0 Å². The Kier molecular flexibility index (Phi) is 2.02. The van der Waals surface area contributed by atoms with Crippen molar-refractivity contribution in [3.63, 3.8) is 0 Å². The molecule has 2 aromatic rings. The number of hydrogen-bond donors (Lipinski definition) is 1. The molecule has 17 heavy (non-hydrogen) atoms. The summed E-state index contributed by atoms with van der Waals surface area (Å²) in [6.07, 6.45) is 4.17. The number of nitrogens with zero attached hydrogens (tertiary/aromatic N) is 2. The largest absolute Gasteiger partial charge is 0.478 e. The normalized spacial score (nSPS) is 17.2. The van der Waals surface area contributed by atoms with Gasteiger partial charge in [-0.05, 0) is 30.4 Å². The van der Waals surface area contributed by atoms with Crippen LogP contribution in [0, 0.1) is 5.41 Å². The number of carboxylic acid groups (broad SMARTS) is 1. The molecule has 1 fully saturated rings. The Labute approximate surface area is 98.9 Å². The Morgan fingerprint density at radius 1 is 1.53 bits per heavy atom. The third-order valence-corrected chi connectivity index (χ3v) is 3.52. The number of benzene rings is 1. The van der Waals surface area contributed by atoms with Gasteiger partial charge in [0.2, 0.25) is 0 Å². The van der Waals surface area contributed by atoms with Crippen LogP contribution in [0.5, 0.6) is 0 Å². The third kappa shape index (κ3) is 1.69. The van der Waals surface area contributed by atoms with Gasteiger partial charge < -0.3 is 9.67 Å². The van der Waals surface area contributed by atoms with E-state index in [0.717, 1.165) is 17.6 Å². The first-order valence-corrected chi connectivity index (χ1v) is 5.76. The van der Waals surface area contributed by atoms with Gasteiger partial charge in [-0.3, -0.25) is 0 Å². The number of carboxylic acids is 1. The summed E-state index contributed by atoms with van der Waals surface area (Å²) < 4.78 is 1.98. The van der Waals surface area contributed by atoms with E-state index in [1.807, 2.05) is 10.6 Å². The molecular formula is C13H14N2O2. The zero-order valence-corrected chi connectivity index (χ0v) is 9.68. The average molecular weight is 230 g/mol. The van der Waals surface area contributed by atoms with Crippen molar-refractivity contribution in [2.75, 3.05) is 0 Å². The fourth-order valence-electron chi connectivity index (χ4n) is 2.20. The number of aromatic nitrogens is 2. The van der Waals surface area contributed by atoms with Crippen LogP contribution in [0.15, 0.2) is 24.5 Å². The number of fused-ring (bicyclic) bond motifs is 1. The molecule has 0 unspecified atom stereocenters. The predicted molar refractivity (Wildman–Crippen MR) is 64.0 cm³/mol. The first-order chi connectivity index (χ1) is 8.09. The lowest BCUT2D eigenvalue weighted by atomic mass is 10.1. The van der Waals surface area contributed by atoms with E-state index in [2.05, 4.69) is 11.9 Å². The molecular weight excluding hydrogens is 216 g/mol. The molecule has 1 aliphatic rings. The number of aromatic carboxylic acids is 1. The highest BCUT2D eigenvalue weighted by atomic mass is 16.4. The molecule has 4 heteroatoms. The summed E-state index contributed by atoms with van der Waals surface area (Å²) in [5, 5.41) is 9.20. The SMILES string of the molecule is CC1(Cn2cnc3cccc(C(=O)O)c32)CC1. The maximum Gasteiger partial charge on any atom is 0.337 e. The average Bonchev–Trinajstić information content (AvgIpc) is 2.87. The second kappa shape index (κ2) is 3.32. The van der Waals surface area contributed by atoms with Crippen LogP contribution in [0.4, 0.5) is 0 Å². The fraction of sp³-hybridized carbons (Fsp3) is 0.385. The highest BCUT2D eigenvalue weighted by Crippen LogP contribution is 2.46. The number of hydrogen-bond acceptors (Lipinski definition) is 2. The van der Waals surface area contributed by atoms with E-state index in [4.69, 9.17) is 0 Å². The highest BCUT2D eigenvalue weighted by Gasteiger charge is 2.37. The van der Waals surface area contributed by atoms with E-state index in [1.165, 1.54) is 12.8 Å². The molecule has 0 amide bonds. The van der Waals surface area contributed by atoms with Gasteiger partial charge in [0.15, 0.2) is 0 Å². The smallest absolute Gasteiger partial charge is 0.337 e. The van der Waals surface area contributed by atoms with Crippen LogP contribution in [0.25, 0.3) is 11.0 Å². The molecule has 0 spiro atoms. The van der Waals surface area contributed by atoms with Crippen molar-refractivity contribution < 1.29 is 9.90 Å². The van der Waals surface area contributed by atoms with Crippen molar-refractivity contribution in [2.45, 2.75) is 26.3 Å². The fourth-order valence-corrected chi connectivity index (χ4v) is 2.20. The summed E-state index contributed by atoms with van der Waals surface area (Å²) in [6, 6.07) is 5.23. The molecule has 0 atom stereocenters. The van der Waals surface area contributed by atoms with Gasteiger partial charge in [0.1, 0.15) is 0 Å². The number of carbonyl (C=O) groups is 1. The third-order valence-electron chi connectivity index (χ3n) is 3.52. The Morgan fingerprint density at radius 3 is 2.94 bits per heavy atom. The van der Waals surface area contributed by atoms with Gasteiger partial charge in [0.25, 0.3) is 0 Å². The van der Waals surface area contributed by atoms with Crippen LogP contribution < -0.4 is 0 Å². The molecule has 3 rings (SSSR count). The topological polar surface area (TPSA) is 55.1 Å². The van der Waals surface area contributed by atoms with Crippen molar-refractivity contribution in [3.05, 3.63) is 30.1 Å². The van der Waals surface area contributed by atoms with Crippen LogP contribution in [0.3, 0.4) is 0 Å². The minimum Gasteiger partial charge on any atom is -0.478 e. The molecule has 0 aliphatic heterocycles. The zero-order chi connectivity index (χ0) is 12.0. The molecule has 88 valence electrons. The Bertz CT molecular complexity index is 596. The minimum absolute atomic E-state index is 0.333. The quantitative estimate of drug-likeness (QED) is 0.881. The molecule has 1 aromatic heterocycles. The molecule has 0 saturated heterocycles.